The van der Waals surface area contributed by atoms with Crippen LogP contribution >= 0.6 is 23.2 Å². The van der Waals surface area contributed by atoms with Gasteiger partial charge in [0.25, 0.3) is 5.91 Å². The van der Waals surface area contributed by atoms with Gasteiger partial charge in [-0.2, -0.15) is 0 Å². The fraction of sp³-hybridized carbons (Fsp3) is 0.312. The normalized spacial score (nSPS) is 14.7. The molecule has 0 saturated heterocycles. The van der Waals surface area contributed by atoms with Gasteiger partial charge in [-0.15, -0.1) is 0 Å². The molecule has 1 aliphatic rings. The van der Waals surface area contributed by atoms with Crippen molar-refractivity contribution in [1.82, 2.24) is 15.3 Å². The number of anilines is 2. The molecule has 7 heteroatoms. The number of amides is 1. The molecular formula is C16H16Cl2N4O. The Kier molecular flexibility index (Phi) is 4.98. The zero-order valence-corrected chi connectivity index (χ0v) is 13.9. The van der Waals surface area contributed by atoms with Gasteiger partial charge in [0, 0.05) is 11.1 Å². The monoisotopic (exact) mass is 350 g/mol. The predicted molar refractivity (Wildman–Crippen MR) is 91.5 cm³/mol. The molecule has 2 aromatic rings. The van der Waals surface area contributed by atoms with E-state index >= 15 is 0 Å². The van der Waals surface area contributed by atoms with E-state index in [0.717, 1.165) is 12.8 Å². The number of halogens is 2. The number of benzene rings is 1. The molecule has 1 fully saturated rings. The molecule has 1 saturated carbocycles. The first-order valence-electron chi connectivity index (χ1n) is 7.47. The van der Waals surface area contributed by atoms with Crippen molar-refractivity contribution in [3.05, 3.63) is 46.3 Å². The summed E-state index contributed by atoms with van der Waals surface area (Å²) in [6.07, 6.45) is 7.35. The average molecular weight is 351 g/mol. The zero-order valence-electron chi connectivity index (χ0n) is 12.4. The Morgan fingerprint density at radius 2 is 1.91 bits per heavy atom. The van der Waals surface area contributed by atoms with Gasteiger partial charge < -0.3 is 10.6 Å². The Labute approximate surface area is 144 Å². The molecule has 1 aliphatic carbocycles. The summed E-state index contributed by atoms with van der Waals surface area (Å²) < 4.78 is 0. The molecule has 120 valence electrons. The average Bonchev–Trinajstić information content (AvgIpc) is 3.04. The summed E-state index contributed by atoms with van der Waals surface area (Å²) in [5.41, 5.74) is 0.941. The minimum atomic E-state index is -0.184. The first-order valence-corrected chi connectivity index (χ1v) is 8.22. The summed E-state index contributed by atoms with van der Waals surface area (Å²) in [7, 11) is 0. The third-order valence-electron chi connectivity index (χ3n) is 3.77. The van der Waals surface area contributed by atoms with Crippen molar-refractivity contribution >= 4 is 40.6 Å². The lowest BCUT2D eigenvalue weighted by atomic mass is 10.2. The maximum atomic E-state index is 12.1. The van der Waals surface area contributed by atoms with Crippen LogP contribution in [0.25, 0.3) is 0 Å². The number of nitrogens with one attached hydrogen (secondary N) is 2. The van der Waals surface area contributed by atoms with E-state index in [-0.39, 0.29) is 11.9 Å². The molecule has 1 aromatic carbocycles. The number of hydrogen-bond acceptors (Lipinski definition) is 4. The van der Waals surface area contributed by atoms with Crippen LogP contribution < -0.4 is 10.6 Å². The van der Waals surface area contributed by atoms with Crippen molar-refractivity contribution in [2.75, 3.05) is 5.32 Å². The SMILES string of the molecule is O=C(NC1CCCC1)c1cnc(Nc2cc(Cl)ccc2Cl)cn1. The van der Waals surface area contributed by atoms with Crippen LogP contribution in [-0.4, -0.2) is 21.9 Å². The molecule has 1 heterocycles. The van der Waals surface area contributed by atoms with Crippen molar-refractivity contribution in [2.24, 2.45) is 0 Å². The quantitative estimate of drug-likeness (QED) is 0.866. The highest BCUT2D eigenvalue weighted by atomic mass is 35.5. The number of aromatic nitrogens is 2. The van der Waals surface area contributed by atoms with Crippen LogP contribution in [0.2, 0.25) is 10.0 Å². The summed E-state index contributed by atoms with van der Waals surface area (Å²) >= 11 is 12.0. The van der Waals surface area contributed by atoms with Crippen LogP contribution in [0.5, 0.6) is 0 Å². The highest BCUT2D eigenvalue weighted by Gasteiger charge is 2.18. The highest BCUT2D eigenvalue weighted by molar-refractivity contribution is 6.35. The molecule has 5 nitrogen and oxygen atoms in total. The molecule has 0 spiro atoms. The lowest BCUT2D eigenvalue weighted by Gasteiger charge is -2.11. The third-order valence-corrected chi connectivity index (χ3v) is 4.33. The van der Waals surface area contributed by atoms with E-state index in [0.29, 0.717) is 27.2 Å². The fourth-order valence-corrected chi connectivity index (χ4v) is 2.91. The van der Waals surface area contributed by atoms with Crippen LogP contribution in [-0.2, 0) is 0 Å². The summed E-state index contributed by atoms with van der Waals surface area (Å²) in [5, 5.41) is 7.11. The molecule has 0 atom stereocenters. The number of carbonyl (C=O) groups is 1. The van der Waals surface area contributed by atoms with Crippen LogP contribution in [0.3, 0.4) is 0 Å². The van der Waals surface area contributed by atoms with Gasteiger partial charge in [-0.1, -0.05) is 36.0 Å². The molecule has 0 bridgehead atoms. The smallest absolute Gasteiger partial charge is 0.271 e. The molecule has 0 unspecified atom stereocenters. The second kappa shape index (κ2) is 7.15. The zero-order chi connectivity index (χ0) is 16.2. The van der Waals surface area contributed by atoms with Crippen molar-refractivity contribution in [2.45, 2.75) is 31.7 Å². The predicted octanol–water partition coefficient (Wildman–Crippen LogP) is 4.20. The van der Waals surface area contributed by atoms with E-state index in [4.69, 9.17) is 23.2 Å². The molecule has 0 aliphatic heterocycles. The van der Waals surface area contributed by atoms with E-state index in [9.17, 15) is 4.79 Å². The summed E-state index contributed by atoms with van der Waals surface area (Å²) in [6.45, 7) is 0. The van der Waals surface area contributed by atoms with Gasteiger partial charge in [0.15, 0.2) is 0 Å². The second-order valence-corrected chi connectivity index (χ2v) is 6.33. The highest BCUT2D eigenvalue weighted by Crippen LogP contribution is 2.27. The second-order valence-electron chi connectivity index (χ2n) is 5.49. The molecular weight excluding hydrogens is 335 g/mol. The van der Waals surface area contributed by atoms with Crippen LogP contribution in [0, 0.1) is 0 Å². The minimum absolute atomic E-state index is 0.184. The van der Waals surface area contributed by atoms with Gasteiger partial charge in [0.2, 0.25) is 0 Å². The Bertz CT molecular complexity index is 700. The number of rotatable bonds is 4. The molecule has 0 radical (unpaired) electrons. The lowest BCUT2D eigenvalue weighted by Crippen LogP contribution is -2.33. The van der Waals surface area contributed by atoms with Crippen LogP contribution in [0.1, 0.15) is 36.2 Å². The maximum absolute atomic E-state index is 12.1. The topological polar surface area (TPSA) is 66.9 Å². The van der Waals surface area contributed by atoms with Crippen molar-refractivity contribution in [3.63, 3.8) is 0 Å². The first-order chi connectivity index (χ1) is 11.1. The number of carbonyl (C=O) groups excluding carboxylic acids is 1. The fourth-order valence-electron chi connectivity index (χ4n) is 2.57. The van der Waals surface area contributed by atoms with E-state index in [2.05, 4.69) is 20.6 Å². The van der Waals surface area contributed by atoms with E-state index in [1.165, 1.54) is 25.2 Å². The Morgan fingerprint density at radius 3 is 2.61 bits per heavy atom. The van der Waals surface area contributed by atoms with Gasteiger partial charge in [-0.25, -0.2) is 9.97 Å². The van der Waals surface area contributed by atoms with Crippen LogP contribution in [0.4, 0.5) is 11.5 Å². The Morgan fingerprint density at radius 1 is 1.13 bits per heavy atom. The van der Waals surface area contributed by atoms with Crippen molar-refractivity contribution in [1.29, 1.82) is 0 Å². The molecule has 23 heavy (non-hydrogen) atoms. The lowest BCUT2D eigenvalue weighted by molar-refractivity contribution is 0.0932. The van der Waals surface area contributed by atoms with Gasteiger partial charge in [-0.05, 0) is 31.0 Å². The third kappa shape index (κ3) is 4.12. The van der Waals surface area contributed by atoms with Crippen molar-refractivity contribution < 1.29 is 4.79 Å². The van der Waals surface area contributed by atoms with Crippen LogP contribution in [0.15, 0.2) is 30.6 Å². The first kappa shape index (κ1) is 16.0. The van der Waals surface area contributed by atoms with Gasteiger partial charge in [0.1, 0.15) is 11.5 Å². The van der Waals surface area contributed by atoms with Gasteiger partial charge in [0.05, 0.1) is 23.1 Å². The summed E-state index contributed by atoms with van der Waals surface area (Å²) in [6, 6.07) is 5.36. The maximum Gasteiger partial charge on any atom is 0.271 e. The summed E-state index contributed by atoms with van der Waals surface area (Å²) in [4.78, 5) is 20.5. The number of hydrogen-bond donors (Lipinski definition) is 2. The molecule has 2 N–H and O–H groups in total. The number of nitrogens with zero attached hydrogens (tertiary/aromatic N) is 2. The Hall–Kier alpha value is -1.85. The summed E-state index contributed by atoms with van der Waals surface area (Å²) in [5.74, 6) is 0.309. The van der Waals surface area contributed by atoms with Crippen molar-refractivity contribution in [3.8, 4) is 0 Å². The minimum Gasteiger partial charge on any atom is -0.348 e. The standard InChI is InChI=1S/C16H16Cl2N4O/c17-10-5-6-12(18)13(7-10)22-15-9-19-14(8-20-15)16(23)21-11-3-1-2-4-11/h5-9,11H,1-4H2,(H,20,22)(H,21,23). The van der Waals surface area contributed by atoms with Gasteiger partial charge >= 0.3 is 0 Å². The van der Waals surface area contributed by atoms with E-state index in [1.54, 1.807) is 18.2 Å². The van der Waals surface area contributed by atoms with E-state index in [1.807, 2.05) is 0 Å². The molecule has 1 aromatic heterocycles. The molecule has 1 amide bonds. The van der Waals surface area contributed by atoms with E-state index < -0.39 is 0 Å². The molecule has 3 rings (SSSR count). The largest absolute Gasteiger partial charge is 0.348 e. The van der Waals surface area contributed by atoms with Gasteiger partial charge in [-0.3, -0.25) is 4.79 Å². The Balaban J connectivity index is 1.66.